The number of rotatable bonds is 2. The van der Waals surface area contributed by atoms with Gasteiger partial charge in [-0.1, -0.05) is 18.2 Å². The Morgan fingerprint density at radius 2 is 1.65 bits per heavy atom. The first-order valence-electron chi connectivity index (χ1n) is 5.84. The third-order valence-corrected chi connectivity index (χ3v) is 3.08. The topological polar surface area (TPSA) is 24.9 Å². The van der Waals surface area contributed by atoms with Gasteiger partial charge in [0.2, 0.25) is 0 Å². The third kappa shape index (κ3) is 2.16. The molecule has 1 aromatic carbocycles. The number of aryl methyl sites for hydroxylation is 3. The Morgan fingerprint density at radius 1 is 1.00 bits per heavy atom. The maximum atomic E-state index is 4.44. The summed E-state index contributed by atoms with van der Waals surface area (Å²) in [7, 11) is 1.90. The van der Waals surface area contributed by atoms with Crippen LogP contribution in [0.15, 0.2) is 30.5 Å². The van der Waals surface area contributed by atoms with Crippen LogP contribution in [0.1, 0.15) is 16.7 Å². The second kappa shape index (κ2) is 4.58. The SMILES string of the molecule is CNc1ncc(-c2c(C)cccc2C)cc1C. The molecule has 0 unspecified atom stereocenters. The van der Waals surface area contributed by atoms with Crippen molar-refractivity contribution in [1.82, 2.24) is 4.98 Å². The van der Waals surface area contributed by atoms with Crippen LogP contribution >= 0.6 is 0 Å². The Balaban J connectivity index is 2.57. The van der Waals surface area contributed by atoms with E-state index in [0.717, 1.165) is 5.82 Å². The van der Waals surface area contributed by atoms with Crippen molar-refractivity contribution in [2.75, 3.05) is 12.4 Å². The highest BCUT2D eigenvalue weighted by molar-refractivity contribution is 5.71. The minimum atomic E-state index is 0.944. The number of nitrogens with one attached hydrogen (secondary N) is 1. The van der Waals surface area contributed by atoms with Gasteiger partial charge >= 0.3 is 0 Å². The molecule has 2 nitrogen and oxygen atoms in total. The standard InChI is InChI=1S/C15H18N2/c1-10-6-5-7-11(2)14(10)13-8-12(3)15(16-4)17-9-13/h5-9H,1-4H3,(H,16,17). The lowest BCUT2D eigenvalue weighted by Gasteiger charge is -2.12. The van der Waals surface area contributed by atoms with Crippen LogP contribution in [-0.2, 0) is 0 Å². The Morgan fingerprint density at radius 3 is 2.18 bits per heavy atom. The summed E-state index contributed by atoms with van der Waals surface area (Å²) >= 11 is 0. The molecule has 2 rings (SSSR count). The fourth-order valence-electron chi connectivity index (χ4n) is 2.24. The number of hydrogen-bond acceptors (Lipinski definition) is 2. The molecule has 0 aliphatic heterocycles. The van der Waals surface area contributed by atoms with Crippen molar-refractivity contribution in [2.24, 2.45) is 0 Å². The van der Waals surface area contributed by atoms with Gasteiger partial charge in [-0.2, -0.15) is 0 Å². The average molecular weight is 226 g/mol. The predicted molar refractivity (Wildman–Crippen MR) is 73.4 cm³/mol. The van der Waals surface area contributed by atoms with Crippen LogP contribution in [0.2, 0.25) is 0 Å². The molecule has 0 bridgehead atoms. The fourth-order valence-corrected chi connectivity index (χ4v) is 2.24. The van der Waals surface area contributed by atoms with Gasteiger partial charge in [0.25, 0.3) is 0 Å². The van der Waals surface area contributed by atoms with Crippen molar-refractivity contribution in [3.8, 4) is 11.1 Å². The quantitative estimate of drug-likeness (QED) is 0.844. The predicted octanol–water partition coefficient (Wildman–Crippen LogP) is 3.72. The van der Waals surface area contributed by atoms with Gasteiger partial charge < -0.3 is 5.32 Å². The van der Waals surface area contributed by atoms with E-state index in [1.807, 2.05) is 13.2 Å². The van der Waals surface area contributed by atoms with E-state index in [1.165, 1.54) is 27.8 Å². The Labute approximate surface area is 103 Å². The summed E-state index contributed by atoms with van der Waals surface area (Å²) in [4.78, 5) is 4.44. The molecular formula is C15H18N2. The van der Waals surface area contributed by atoms with E-state index >= 15 is 0 Å². The van der Waals surface area contributed by atoms with E-state index < -0.39 is 0 Å². The summed E-state index contributed by atoms with van der Waals surface area (Å²) in [6, 6.07) is 8.57. The Kier molecular flexibility index (Phi) is 3.14. The molecule has 1 aromatic heterocycles. The van der Waals surface area contributed by atoms with Crippen molar-refractivity contribution in [3.05, 3.63) is 47.2 Å². The number of aromatic nitrogens is 1. The summed E-state index contributed by atoms with van der Waals surface area (Å²) in [5.74, 6) is 0.944. The lowest BCUT2D eigenvalue weighted by Crippen LogP contribution is -1.96. The summed E-state index contributed by atoms with van der Waals surface area (Å²) in [6.07, 6.45) is 1.94. The Bertz CT molecular complexity index is 524. The lowest BCUT2D eigenvalue weighted by atomic mass is 9.96. The van der Waals surface area contributed by atoms with Gasteiger partial charge in [0.15, 0.2) is 0 Å². The van der Waals surface area contributed by atoms with E-state index in [9.17, 15) is 0 Å². The van der Waals surface area contributed by atoms with Crippen molar-refractivity contribution < 1.29 is 0 Å². The summed E-state index contributed by atoms with van der Waals surface area (Å²) in [5, 5.41) is 3.09. The number of benzene rings is 1. The molecule has 0 saturated carbocycles. The molecule has 0 saturated heterocycles. The zero-order chi connectivity index (χ0) is 12.4. The van der Waals surface area contributed by atoms with E-state index in [-0.39, 0.29) is 0 Å². The van der Waals surface area contributed by atoms with Crippen molar-refractivity contribution >= 4 is 5.82 Å². The lowest BCUT2D eigenvalue weighted by molar-refractivity contribution is 1.23. The molecular weight excluding hydrogens is 208 g/mol. The third-order valence-electron chi connectivity index (χ3n) is 3.08. The highest BCUT2D eigenvalue weighted by atomic mass is 15.0. The fraction of sp³-hybridized carbons (Fsp3) is 0.267. The second-order valence-corrected chi connectivity index (χ2v) is 4.41. The molecule has 0 radical (unpaired) electrons. The van der Waals surface area contributed by atoms with E-state index in [1.54, 1.807) is 0 Å². The molecule has 0 fully saturated rings. The van der Waals surface area contributed by atoms with Crippen LogP contribution < -0.4 is 5.32 Å². The van der Waals surface area contributed by atoms with Crippen LogP contribution in [0.5, 0.6) is 0 Å². The number of pyridine rings is 1. The van der Waals surface area contributed by atoms with Crippen LogP contribution in [0, 0.1) is 20.8 Å². The van der Waals surface area contributed by atoms with Crippen molar-refractivity contribution in [2.45, 2.75) is 20.8 Å². The maximum absolute atomic E-state index is 4.44. The Hall–Kier alpha value is -1.83. The zero-order valence-electron chi connectivity index (χ0n) is 10.8. The molecule has 2 aromatic rings. The molecule has 17 heavy (non-hydrogen) atoms. The molecule has 0 amide bonds. The van der Waals surface area contributed by atoms with Gasteiger partial charge in [-0.05, 0) is 49.1 Å². The van der Waals surface area contributed by atoms with Crippen LogP contribution in [0.4, 0.5) is 5.82 Å². The zero-order valence-corrected chi connectivity index (χ0v) is 10.8. The van der Waals surface area contributed by atoms with Crippen molar-refractivity contribution in [1.29, 1.82) is 0 Å². The van der Waals surface area contributed by atoms with Crippen LogP contribution in [0.3, 0.4) is 0 Å². The summed E-state index contributed by atoms with van der Waals surface area (Å²) in [6.45, 7) is 6.36. The number of hydrogen-bond donors (Lipinski definition) is 1. The molecule has 88 valence electrons. The van der Waals surface area contributed by atoms with Gasteiger partial charge in [0.05, 0.1) is 0 Å². The molecule has 1 N–H and O–H groups in total. The molecule has 0 aliphatic carbocycles. The monoisotopic (exact) mass is 226 g/mol. The summed E-state index contributed by atoms with van der Waals surface area (Å²) in [5.41, 5.74) is 6.25. The van der Waals surface area contributed by atoms with Gasteiger partial charge in [0.1, 0.15) is 5.82 Å². The van der Waals surface area contributed by atoms with Crippen molar-refractivity contribution in [3.63, 3.8) is 0 Å². The molecule has 1 heterocycles. The molecule has 0 spiro atoms. The normalized spacial score (nSPS) is 10.4. The number of anilines is 1. The highest BCUT2D eigenvalue weighted by Crippen LogP contribution is 2.28. The van der Waals surface area contributed by atoms with Crippen LogP contribution in [0.25, 0.3) is 11.1 Å². The molecule has 2 heteroatoms. The van der Waals surface area contributed by atoms with E-state index in [0.29, 0.717) is 0 Å². The van der Waals surface area contributed by atoms with E-state index in [2.05, 4.69) is 55.3 Å². The minimum Gasteiger partial charge on any atom is -0.373 e. The number of nitrogens with zero attached hydrogens (tertiary/aromatic N) is 1. The van der Waals surface area contributed by atoms with Gasteiger partial charge in [-0.3, -0.25) is 0 Å². The van der Waals surface area contributed by atoms with Gasteiger partial charge in [0, 0.05) is 18.8 Å². The van der Waals surface area contributed by atoms with Gasteiger partial charge in [-0.15, -0.1) is 0 Å². The summed E-state index contributed by atoms with van der Waals surface area (Å²) < 4.78 is 0. The molecule has 0 aliphatic rings. The van der Waals surface area contributed by atoms with Crippen LogP contribution in [-0.4, -0.2) is 12.0 Å². The first-order valence-corrected chi connectivity index (χ1v) is 5.84. The average Bonchev–Trinajstić information content (AvgIpc) is 2.29. The minimum absolute atomic E-state index is 0.944. The molecule has 0 atom stereocenters. The maximum Gasteiger partial charge on any atom is 0.128 e. The first kappa shape index (κ1) is 11.6. The largest absolute Gasteiger partial charge is 0.373 e. The first-order chi connectivity index (χ1) is 8.13. The van der Waals surface area contributed by atoms with Gasteiger partial charge in [-0.25, -0.2) is 4.98 Å². The van der Waals surface area contributed by atoms with E-state index in [4.69, 9.17) is 0 Å². The second-order valence-electron chi connectivity index (χ2n) is 4.41. The highest BCUT2D eigenvalue weighted by Gasteiger charge is 2.07. The smallest absolute Gasteiger partial charge is 0.128 e.